The molecule has 1 heterocycles. The number of ether oxygens (including phenoxy) is 3. The van der Waals surface area contributed by atoms with E-state index in [1.807, 2.05) is 18.2 Å². The number of hydrogen-bond acceptors (Lipinski definition) is 4. The second-order valence-electron chi connectivity index (χ2n) is 3.67. The van der Waals surface area contributed by atoms with Gasteiger partial charge in [0.1, 0.15) is 18.6 Å². The minimum absolute atomic E-state index is 0.408. The molecule has 1 aliphatic heterocycles. The van der Waals surface area contributed by atoms with Gasteiger partial charge in [-0.1, -0.05) is 6.07 Å². The predicted octanol–water partition coefficient (Wildman–Crippen LogP) is 1.78. The van der Waals surface area contributed by atoms with Crippen molar-refractivity contribution >= 4 is 17.6 Å². The molecule has 0 saturated heterocycles. The van der Waals surface area contributed by atoms with Gasteiger partial charge in [-0.25, -0.2) is 0 Å². The van der Waals surface area contributed by atoms with Crippen LogP contribution in [0.2, 0.25) is 0 Å². The number of hydrogen-bond donors (Lipinski definition) is 0. The number of alkyl halides is 1. The summed E-state index contributed by atoms with van der Waals surface area (Å²) in [5.74, 6) is 0.994. The van der Waals surface area contributed by atoms with Crippen LogP contribution in [0.4, 0.5) is 0 Å². The lowest BCUT2D eigenvalue weighted by molar-refractivity contribution is -0.140. The SMILES string of the molecule is COC(=O)C(Cl)Cc1ccc2c(c1)OCCO2. The maximum absolute atomic E-state index is 11.2. The molecule has 0 N–H and O–H groups in total. The lowest BCUT2D eigenvalue weighted by atomic mass is 10.1. The Labute approximate surface area is 104 Å². The van der Waals surface area contributed by atoms with Crippen molar-refractivity contribution in [2.75, 3.05) is 20.3 Å². The Morgan fingerprint density at radius 2 is 2.12 bits per heavy atom. The van der Waals surface area contributed by atoms with E-state index in [4.69, 9.17) is 21.1 Å². The van der Waals surface area contributed by atoms with Crippen molar-refractivity contribution in [1.82, 2.24) is 0 Å². The first-order chi connectivity index (χ1) is 8.20. The minimum Gasteiger partial charge on any atom is -0.486 e. The topological polar surface area (TPSA) is 44.8 Å². The Hall–Kier alpha value is -1.42. The van der Waals surface area contributed by atoms with Crippen molar-refractivity contribution in [2.45, 2.75) is 11.8 Å². The van der Waals surface area contributed by atoms with Crippen LogP contribution in [0.15, 0.2) is 18.2 Å². The van der Waals surface area contributed by atoms with Crippen LogP contribution in [0.25, 0.3) is 0 Å². The van der Waals surface area contributed by atoms with E-state index in [2.05, 4.69) is 4.74 Å². The largest absolute Gasteiger partial charge is 0.486 e. The van der Waals surface area contributed by atoms with Crippen LogP contribution in [0.1, 0.15) is 5.56 Å². The van der Waals surface area contributed by atoms with Gasteiger partial charge in [-0.15, -0.1) is 11.6 Å². The van der Waals surface area contributed by atoms with Crippen molar-refractivity contribution in [1.29, 1.82) is 0 Å². The van der Waals surface area contributed by atoms with Gasteiger partial charge in [-0.3, -0.25) is 4.79 Å². The highest BCUT2D eigenvalue weighted by Gasteiger charge is 2.18. The molecule has 0 saturated carbocycles. The first-order valence-electron chi connectivity index (χ1n) is 5.31. The molecule has 5 heteroatoms. The van der Waals surface area contributed by atoms with E-state index in [-0.39, 0.29) is 0 Å². The minimum atomic E-state index is -0.678. The van der Waals surface area contributed by atoms with Gasteiger partial charge in [0, 0.05) is 0 Å². The van der Waals surface area contributed by atoms with Crippen LogP contribution >= 0.6 is 11.6 Å². The fourth-order valence-corrected chi connectivity index (χ4v) is 1.90. The molecule has 1 aliphatic rings. The summed E-state index contributed by atoms with van der Waals surface area (Å²) in [6.45, 7) is 1.10. The third-order valence-electron chi connectivity index (χ3n) is 2.48. The fourth-order valence-electron chi connectivity index (χ4n) is 1.63. The van der Waals surface area contributed by atoms with Crippen LogP contribution in [-0.4, -0.2) is 31.7 Å². The van der Waals surface area contributed by atoms with Gasteiger partial charge in [0.05, 0.1) is 7.11 Å². The van der Waals surface area contributed by atoms with Crippen LogP contribution in [0, 0.1) is 0 Å². The molecule has 0 aromatic heterocycles. The van der Waals surface area contributed by atoms with Crippen molar-refractivity contribution in [2.24, 2.45) is 0 Å². The maximum Gasteiger partial charge on any atom is 0.324 e. The normalized spacial score (nSPS) is 15.2. The average molecular weight is 257 g/mol. The van der Waals surface area contributed by atoms with E-state index in [1.165, 1.54) is 7.11 Å². The molecular formula is C12H13ClO4. The van der Waals surface area contributed by atoms with E-state index in [9.17, 15) is 4.79 Å². The molecule has 0 spiro atoms. The second kappa shape index (κ2) is 5.27. The molecule has 0 radical (unpaired) electrons. The molecule has 0 aliphatic carbocycles. The quantitative estimate of drug-likeness (QED) is 0.611. The van der Waals surface area contributed by atoms with Gasteiger partial charge in [0.15, 0.2) is 11.5 Å². The number of carbonyl (C=O) groups is 1. The monoisotopic (exact) mass is 256 g/mol. The predicted molar refractivity (Wildman–Crippen MR) is 62.8 cm³/mol. The summed E-state index contributed by atoms with van der Waals surface area (Å²) in [5, 5.41) is -0.678. The van der Waals surface area contributed by atoms with E-state index < -0.39 is 11.3 Å². The number of rotatable bonds is 3. The lowest BCUT2D eigenvalue weighted by Crippen LogP contribution is -2.19. The van der Waals surface area contributed by atoms with E-state index >= 15 is 0 Å². The zero-order valence-electron chi connectivity index (χ0n) is 9.44. The third kappa shape index (κ3) is 2.82. The Balaban J connectivity index is 2.09. The summed E-state index contributed by atoms with van der Waals surface area (Å²) in [6.07, 6.45) is 0.408. The van der Waals surface area contributed by atoms with E-state index in [1.54, 1.807) is 0 Å². The smallest absolute Gasteiger partial charge is 0.324 e. The van der Waals surface area contributed by atoms with E-state index in [0.717, 1.165) is 11.3 Å². The zero-order chi connectivity index (χ0) is 12.3. The molecule has 1 aromatic carbocycles. The number of fused-ring (bicyclic) bond motifs is 1. The first-order valence-corrected chi connectivity index (χ1v) is 5.75. The third-order valence-corrected chi connectivity index (χ3v) is 2.81. The van der Waals surface area contributed by atoms with Gasteiger partial charge in [-0.05, 0) is 24.1 Å². The Kier molecular flexibility index (Phi) is 3.74. The van der Waals surface area contributed by atoms with Gasteiger partial charge in [0.2, 0.25) is 0 Å². The number of methoxy groups -OCH3 is 1. The highest BCUT2D eigenvalue weighted by molar-refractivity contribution is 6.30. The van der Waals surface area contributed by atoms with Gasteiger partial charge < -0.3 is 14.2 Å². The number of carbonyl (C=O) groups excluding carboxylic acids is 1. The van der Waals surface area contributed by atoms with Crippen molar-refractivity contribution < 1.29 is 19.0 Å². The van der Waals surface area contributed by atoms with Crippen LogP contribution < -0.4 is 9.47 Å². The van der Waals surface area contributed by atoms with Crippen LogP contribution in [0.5, 0.6) is 11.5 Å². The fraction of sp³-hybridized carbons (Fsp3) is 0.417. The number of halogens is 1. The first kappa shape index (κ1) is 12.0. The maximum atomic E-state index is 11.2. The summed E-state index contributed by atoms with van der Waals surface area (Å²) in [7, 11) is 1.32. The highest BCUT2D eigenvalue weighted by atomic mass is 35.5. The zero-order valence-corrected chi connectivity index (χ0v) is 10.2. The Bertz CT molecular complexity index is 419. The number of esters is 1. The van der Waals surface area contributed by atoms with Crippen LogP contribution in [0.3, 0.4) is 0 Å². The molecule has 0 amide bonds. The summed E-state index contributed by atoms with van der Waals surface area (Å²) in [6, 6.07) is 5.53. The lowest BCUT2D eigenvalue weighted by Gasteiger charge is -2.19. The average Bonchev–Trinajstić information content (AvgIpc) is 2.37. The molecule has 92 valence electrons. The van der Waals surface area contributed by atoms with E-state index in [0.29, 0.717) is 25.4 Å². The second-order valence-corrected chi connectivity index (χ2v) is 4.20. The molecule has 1 atom stereocenters. The summed E-state index contributed by atoms with van der Waals surface area (Å²) < 4.78 is 15.4. The molecule has 4 nitrogen and oxygen atoms in total. The summed E-state index contributed by atoms with van der Waals surface area (Å²) in [5.41, 5.74) is 0.916. The molecule has 0 bridgehead atoms. The highest BCUT2D eigenvalue weighted by Crippen LogP contribution is 2.31. The van der Waals surface area contributed by atoms with Gasteiger partial charge in [-0.2, -0.15) is 0 Å². The van der Waals surface area contributed by atoms with Crippen LogP contribution in [-0.2, 0) is 16.0 Å². The molecule has 17 heavy (non-hydrogen) atoms. The number of benzene rings is 1. The van der Waals surface area contributed by atoms with Gasteiger partial charge >= 0.3 is 5.97 Å². The molecular weight excluding hydrogens is 244 g/mol. The van der Waals surface area contributed by atoms with Gasteiger partial charge in [0.25, 0.3) is 0 Å². The Morgan fingerprint density at radius 1 is 1.41 bits per heavy atom. The summed E-state index contributed by atoms with van der Waals surface area (Å²) >= 11 is 5.90. The van der Waals surface area contributed by atoms with Crippen molar-refractivity contribution in [3.63, 3.8) is 0 Å². The standard InChI is InChI=1S/C12H13ClO4/c1-15-12(14)9(13)6-8-2-3-10-11(7-8)17-5-4-16-10/h2-3,7,9H,4-6H2,1H3. The Morgan fingerprint density at radius 3 is 2.82 bits per heavy atom. The van der Waals surface area contributed by atoms with Crippen molar-refractivity contribution in [3.05, 3.63) is 23.8 Å². The molecule has 1 unspecified atom stereocenters. The molecule has 1 aromatic rings. The molecule has 0 fully saturated rings. The summed E-state index contributed by atoms with van der Waals surface area (Å²) in [4.78, 5) is 11.2. The van der Waals surface area contributed by atoms with Crippen molar-refractivity contribution in [3.8, 4) is 11.5 Å². The molecule has 2 rings (SSSR count).